The highest BCUT2D eigenvalue weighted by atomic mass is 35.5. The Hall–Kier alpha value is -0.750. The van der Waals surface area contributed by atoms with Gasteiger partial charge in [0.2, 0.25) is 0 Å². The minimum absolute atomic E-state index is 0.295. The summed E-state index contributed by atoms with van der Waals surface area (Å²) >= 11 is 4.77. The molecule has 1 fully saturated rings. The van der Waals surface area contributed by atoms with Gasteiger partial charge in [-0.05, 0) is 43.5 Å². The molecule has 0 radical (unpaired) electrons. The Kier molecular flexibility index (Phi) is 3.39. The van der Waals surface area contributed by atoms with E-state index in [0.29, 0.717) is 18.2 Å². The third-order valence-corrected chi connectivity index (χ3v) is 2.74. The summed E-state index contributed by atoms with van der Waals surface area (Å²) in [6.07, 6.45) is 2.68. The van der Waals surface area contributed by atoms with Crippen LogP contribution in [0.4, 0.5) is 8.78 Å². The number of rotatable bonds is 3. The van der Waals surface area contributed by atoms with Crippen LogP contribution in [0.2, 0.25) is 0 Å². The average Bonchev–Trinajstić information content (AvgIpc) is 2.67. The summed E-state index contributed by atoms with van der Waals surface area (Å²) in [5, 5.41) is 3.16. The number of halogens is 3. The van der Waals surface area contributed by atoms with Gasteiger partial charge in [-0.1, -0.05) is 5.16 Å². The van der Waals surface area contributed by atoms with Crippen molar-refractivity contribution >= 4 is 11.6 Å². The predicted molar refractivity (Wildman–Crippen MR) is 53.3 cm³/mol. The number of nitrogens with zero attached hydrogens (tertiary/aromatic N) is 2. The lowest BCUT2D eigenvalue weighted by Gasteiger charge is -2.20. The van der Waals surface area contributed by atoms with Crippen LogP contribution in [0.25, 0.3) is 0 Å². The van der Waals surface area contributed by atoms with Gasteiger partial charge in [-0.15, -0.1) is 0 Å². The number of hydrogen-bond donors (Lipinski definition) is 1. The van der Waals surface area contributed by atoms with Crippen LogP contribution in [-0.2, 0) is 11.8 Å². The molecule has 0 bridgehead atoms. The van der Waals surface area contributed by atoms with Gasteiger partial charge < -0.3 is 9.84 Å². The molecule has 16 heavy (non-hydrogen) atoms. The van der Waals surface area contributed by atoms with Gasteiger partial charge in [-0.3, -0.25) is 0 Å². The molecular formula is C9H12ClF2N3O. The maximum atomic E-state index is 12.6. The van der Waals surface area contributed by atoms with Gasteiger partial charge >= 0.3 is 11.3 Å². The van der Waals surface area contributed by atoms with Crippen molar-refractivity contribution in [2.24, 2.45) is 5.92 Å². The highest BCUT2D eigenvalue weighted by Crippen LogP contribution is 2.30. The Morgan fingerprint density at radius 1 is 1.56 bits per heavy atom. The van der Waals surface area contributed by atoms with Crippen LogP contribution in [-0.4, -0.2) is 23.2 Å². The maximum absolute atomic E-state index is 12.6. The molecule has 2 rings (SSSR count). The monoisotopic (exact) mass is 251 g/mol. The molecule has 90 valence electrons. The molecule has 1 aromatic rings. The van der Waals surface area contributed by atoms with Crippen molar-refractivity contribution in [2.45, 2.75) is 24.6 Å². The van der Waals surface area contributed by atoms with Crippen molar-refractivity contribution < 1.29 is 13.3 Å². The molecule has 1 aromatic heterocycles. The number of nitrogens with one attached hydrogen (secondary N) is 1. The second-order valence-corrected chi connectivity index (χ2v) is 4.40. The van der Waals surface area contributed by atoms with Crippen molar-refractivity contribution in [3.8, 4) is 0 Å². The lowest BCUT2D eigenvalue weighted by atomic mass is 9.96. The Morgan fingerprint density at radius 3 is 2.94 bits per heavy atom. The van der Waals surface area contributed by atoms with E-state index in [9.17, 15) is 8.78 Å². The topological polar surface area (TPSA) is 51.0 Å². The van der Waals surface area contributed by atoms with Crippen molar-refractivity contribution in [3.05, 3.63) is 11.7 Å². The highest BCUT2D eigenvalue weighted by Gasteiger charge is 2.35. The standard InChI is InChI=1S/C9H12ClF2N3O/c10-9(11,12)8-14-7(15-16-8)4-6-2-1-3-13-5-6/h6,13H,1-5H2. The van der Waals surface area contributed by atoms with Crippen molar-refractivity contribution in [3.63, 3.8) is 0 Å². The molecule has 4 nitrogen and oxygen atoms in total. The fraction of sp³-hybridized carbons (Fsp3) is 0.778. The van der Waals surface area contributed by atoms with E-state index in [1.165, 1.54) is 0 Å². The van der Waals surface area contributed by atoms with Gasteiger partial charge in [-0.2, -0.15) is 13.8 Å². The largest absolute Gasteiger partial charge is 0.400 e. The first kappa shape index (κ1) is 11.7. The second kappa shape index (κ2) is 4.63. The van der Waals surface area contributed by atoms with Crippen molar-refractivity contribution in [2.75, 3.05) is 13.1 Å². The summed E-state index contributed by atoms with van der Waals surface area (Å²) < 4.78 is 29.6. The van der Waals surface area contributed by atoms with Gasteiger partial charge in [0.25, 0.3) is 0 Å². The lowest BCUT2D eigenvalue weighted by Crippen LogP contribution is -2.31. The molecule has 1 saturated heterocycles. The van der Waals surface area contributed by atoms with E-state index < -0.39 is 11.3 Å². The molecule has 0 aliphatic carbocycles. The van der Waals surface area contributed by atoms with E-state index >= 15 is 0 Å². The van der Waals surface area contributed by atoms with Crippen LogP contribution in [0.3, 0.4) is 0 Å². The Balaban J connectivity index is 1.97. The average molecular weight is 252 g/mol. The van der Waals surface area contributed by atoms with E-state index in [2.05, 4.69) is 20.0 Å². The first-order valence-corrected chi connectivity index (χ1v) is 5.54. The minimum atomic E-state index is -3.57. The molecule has 0 amide bonds. The summed E-state index contributed by atoms with van der Waals surface area (Å²) in [6, 6.07) is 0. The Morgan fingerprint density at radius 2 is 2.38 bits per heavy atom. The Labute approximate surface area is 96.3 Å². The van der Waals surface area contributed by atoms with Crippen LogP contribution in [0, 0.1) is 5.92 Å². The summed E-state index contributed by atoms with van der Waals surface area (Å²) in [6.45, 7) is 1.87. The zero-order valence-electron chi connectivity index (χ0n) is 8.55. The van der Waals surface area contributed by atoms with Gasteiger partial charge in [0.05, 0.1) is 0 Å². The van der Waals surface area contributed by atoms with Crippen LogP contribution >= 0.6 is 11.6 Å². The molecule has 0 spiro atoms. The third kappa shape index (κ3) is 2.89. The molecule has 0 saturated carbocycles. The van der Waals surface area contributed by atoms with Crippen molar-refractivity contribution in [1.29, 1.82) is 0 Å². The third-order valence-electron chi connectivity index (χ3n) is 2.58. The first-order valence-electron chi connectivity index (χ1n) is 5.16. The lowest BCUT2D eigenvalue weighted by molar-refractivity contribution is 0.0550. The summed E-state index contributed by atoms with van der Waals surface area (Å²) in [7, 11) is 0. The van der Waals surface area contributed by atoms with E-state index in [0.717, 1.165) is 25.9 Å². The van der Waals surface area contributed by atoms with E-state index in [1.54, 1.807) is 0 Å². The zero-order chi connectivity index (χ0) is 11.6. The van der Waals surface area contributed by atoms with Crippen molar-refractivity contribution in [1.82, 2.24) is 15.5 Å². The Bertz CT molecular complexity index is 347. The zero-order valence-corrected chi connectivity index (χ0v) is 9.31. The molecule has 1 aliphatic heterocycles. The van der Waals surface area contributed by atoms with Crippen LogP contribution in [0.1, 0.15) is 24.6 Å². The molecule has 1 N–H and O–H groups in total. The van der Waals surface area contributed by atoms with E-state index in [1.807, 2.05) is 0 Å². The predicted octanol–water partition coefficient (Wildman–Crippen LogP) is 1.90. The van der Waals surface area contributed by atoms with E-state index in [-0.39, 0.29) is 0 Å². The number of hydrogen-bond acceptors (Lipinski definition) is 4. The summed E-state index contributed by atoms with van der Waals surface area (Å²) in [5.74, 6) is -0.153. The van der Waals surface area contributed by atoms with Gasteiger partial charge in [0.15, 0.2) is 5.82 Å². The SMILES string of the molecule is FC(F)(Cl)c1nc(CC2CCCNC2)no1. The number of piperidine rings is 1. The van der Waals surface area contributed by atoms with Gasteiger partial charge in [0, 0.05) is 6.42 Å². The molecular weight excluding hydrogens is 240 g/mol. The first-order chi connectivity index (χ1) is 7.55. The fourth-order valence-electron chi connectivity index (χ4n) is 1.81. The normalized spacial score (nSPS) is 22.3. The fourth-order valence-corrected chi connectivity index (χ4v) is 1.89. The number of aromatic nitrogens is 2. The summed E-state index contributed by atoms with van der Waals surface area (Å²) in [4.78, 5) is 3.59. The van der Waals surface area contributed by atoms with E-state index in [4.69, 9.17) is 11.6 Å². The quantitative estimate of drug-likeness (QED) is 0.834. The molecule has 1 unspecified atom stereocenters. The van der Waals surface area contributed by atoms with Gasteiger partial charge in [-0.25, -0.2) is 0 Å². The maximum Gasteiger partial charge on any atom is 0.400 e. The minimum Gasteiger partial charge on any atom is -0.331 e. The smallest absolute Gasteiger partial charge is 0.331 e. The molecule has 0 aromatic carbocycles. The highest BCUT2D eigenvalue weighted by molar-refractivity contribution is 6.21. The second-order valence-electron chi connectivity index (χ2n) is 3.93. The van der Waals surface area contributed by atoms with Gasteiger partial charge in [0.1, 0.15) is 0 Å². The molecule has 1 atom stereocenters. The van der Waals surface area contributed by atoms with Crippen LogP contribution < -0.4 is 5.32 Å². The molecule has 7 heteroatoms. The number of alkyl halides is 3. The van der Waals surface area contributed by atoms with Crippen LogP contribution in [0.5, 0.6) is 0 Å². The summed E-state index contributed by atoms with van der Waals surface area (Å²) in [5.41, 5.74) is 0. The van der Waals surface area contributed by atoms with Crippen LogP contribution in [0.15, 0.2) is 4.52 Å². The molecule has 2 heterocycles. The molecule has 1 aliphatic rings.